The molecule has 1 aromatic carbocycles. The van der Waals surface area contributed by atoms with Crippen LogP contribution in [0, 0.1) is 0 Å². The number of H-pyrrole nitrogens is 1. The van der Waals surface area contributed by atoms with Crippen LogP contribution >= 0.6 is 11.6 Å². The molecule has 0 aliphatic carbocycles. The Labute approximate surface area is 120 Å². The summed E-state index contributed by atoms with van der Waals surface area (Å²) in [5, 5.41) is 7.08. The number of benzene rings is 1. The van der Waals surface area contributed by atoms with E-state index in [9.17, 15) is 4.79 Å². The molecular weight excluding hydrogens is 284 g/mol. The Morgan fingerprint density at radius 2 is 1.85 bits per heavy atom. The van der Waals surface area contributed by atoms with Crippen molar-refractivity contribution in [2.24, 2.45) is 0 Å². The molecule has 20 heavy (non-hydrogen) atoms. The molecule has 0 aliphatic heterocycles. The molecular formula is C13H13ClN2O4. The van der Waals surface area contributed by atoms with E-state index in [0.29, 0.717) is 27.8 Å². The maximum Gasteiger partial charge on any atom is 0.356 e. The van der Waals surface area contributed by atoms with Gasteiger partial charge in [0.2, 0.25) is 0 Å². The van der Waals surface area contributed by atoms with E-state index in [1.54, 1.807) is 18.2 Å². The highest BCUT2D eigenvalue weighted by molar-refractivity contribution is 6.32. The van der Waals surface area contributed by atoms with Crippen LogP contribution in [0.2, 0.25) is 5.02 Å². The molecule has 0 bridgehead atoms. The summed E-state index contributed by atoms with van der Waals surface area (Å²) in [7, 11) is 4.35. The third kappa shape index (κ3) is 2.55. The van der Waals surface area contributed by atoms with Gasteiger partial charge in [0.25, 0.3) is 0 Å². The lowest BCUT2D eigenvalue weighted by Crippen LogP contribution is -2.00. The van der Waals surface area contributed by atoms with Gasteiger partial charge in [-0.2, -0.15) is 5.10 Å². The molecule has 1 N–H and O–H groups in total. The highest BCUT2D eigenvalue weighted by Gasteiger charge is 2.16. The largest absolute Gasteiger partial charge is 0.496 e. The van der Waals surface area contributed by atoms with Crippen LogP contribution in [0.1, 0.15) is 10.5 Å². The van der Waals surface area contributed by atoms with Gasteiger partial charge in [0.15, 0.2) is 0 Å². The van der Waals surface area contributed by atoms with Gasteiger partial charge in [-0.25, -0.2) is 4.79 Å². The van der Waals surface area contributed by atoms with Crippen molar-refractivity contribution in [2.45, 2.75) is 0 Å². The maximum atomic E-state index is 11.4. The van der Waals surface area contributed by atoms with Crippen molar-refractivity contribution in [3.63, 3.8) is 0 Å². The van der Waals surface area contributed by atoms with Gasteiger partial charge in [0.1, 0.15) is 17.2 Å². The van der Waals surface area contributed by atoms with Gasteiger partial charge < -0.3 is 14.2 Å². The van der Waals surface area contributed by atoms with Crippen LogP contribution < -0.4 is 9.47 Å². The first-order valence-corrected chi connectivity index (χ1v) is 6.04. The first-order valence-electron chi connectivity index (χ1n) is 5.66. The van der Waals surface area contributed by atoms with Crippen molar-refractivity contribution >= 4 is 17.6 Å². The van der Waals surface area contributed by atoms with Crippen molar-refractivity contribution in [1.29, 1.82) is 0 Å². The first-order chi connectivity index (χ1) is 9.60. The van der Waals surface area contributed by atoms with Gasteiger partial charge >= 0.3 is 5.97 Å². The molecule has 2 rings (SSSR count). The molecule has 1 aromatic heterocycles. The smallest absolute Gasteiger partial charge is 0.356 e. The quantitative estimate of drug-likeness (QED) is 0.878. The van der Waals surface area contributed by atoms with Crippen molar-refractivity contribution in [3.05, 3.63) is 28.9 Å². The number of nitrogens with zero attached hydrogens (tertiary/aromatic N) is 1. The molecule has 0 saturated heterocycles. The summed E-state index contributed by atoms with van der Waals surface area (Å²) in [6, 6.07) is 4.88. The molecule has 0 saturated carbocycles. The zero-order valence-electron chi connectivity index (χ0n) is 11.2. The Balaban J connectivity index is 2.49. The molecule has 106 valence electrons. The number of ether oxygens (including phenoxy) is 3. The van der Waals surface area contributed by atoms with Gasteiger partial charge in [-0.15, -0.1) is 0 Å². The van der Waals surface area contributed by atoms with E-state index in [4.69, 9.17) is 21.1 Å². The number of rotatable bonds is 4. The second-order valence-electron chi connectivity index (χ2n) is 3.85. The van der Waals surface area contributed by atoms with E-state index in [1.807, 2.05) is 0 Å². The Morgan fingerprint density at radius 1 is 1.15 bits per heavy atom. The number of halogens is 1. The Kier molecular flexibility index (Phi) is 4.14. The van der Waals surface area contributed by atoms with Crippen LogP contribution in [0.25, 0.3) is 11.3 Å². The number of esters is 1. The number of aromatic nitrogens is 2. The Hall–Kier alpha value is -2.21. The molecule has 2 aromatic rings. The van der Waals surface area contributed by atoms with Crippen LogP contribution in [0.3, 0.4) is 0 Å². The van der Waals surface area contributed by atoms with Crippen molar-refractivity contribution in [1.82, 2.24) is 10.2 Å². The van der Waals surface area contributed by atoms with E-state index in [-0.39, 0.29) is 5.69 Å². The number of aromatic amines is 1. The van der Waals surface area contributed by atoms with Gasteiger partial charge in [-0.05, 0) is 12.1 Å². The molecule has 7 heteroatoms. The van der Waals surface area contributed by atoms with E-state index in [1.165, 1.54) is 21.3 Å². The number of nitrogens with one attached hydrogen (secondary N) is 1. The van der Waals surface area contributed by atoms with Crippen LogP contribution in [0.15, 0.2) is 18.2 Å². The fraction of sp³-hybridized carbons (Fsp3) is 0.231. The zero-order chi connectivity index (χ0) is 14.7. The van der Waals surface area contributed by atoms with E-state index in [2.05, 4.69) is 14.9 Å². The molecule has 1 heterocycles. The lowest BCUT2D eigenvalue weighted by atomic mass is 10.1. The molecule has 0 radical (unpaired) electrons. The van der Waals surface area contributed by atoms with Crippen LogP contribution in [-0.4, -0.2) is 37.5 Å². The third-order valence-corrected chi connectivity index (χ3v) is 3.03. The summed E-state index contributed by atoms with van der Waals surface area (Å²) in [4.78, 5) is 11.4. The molecule has 6 nitrogen and oxygen atoms in total. The molecule has 0 aliphatic rings. The predicted octanol–water partition coefficient (Wildman–Crippen LogP) is 2.53. The first kappa shape index (κ1) is 14.2. The summed E-state index contributed by atoms with van der Waals surface area (Å²) in [6.45, 7) is 0. The number of carbonyl (C=O) groups is 1. The molecule has 0 amide bonds. The summed E-state index contributed by atoms with van der Waals surface area (Å²) in [6.07, 6.45) is 0. The number of methoxy groups -OCH3 is 3. The molecule has 0 unspecified atom stereocenters. The van der Waals surface area contributed by atoms with Crippen LogP contribution in [0.4, 0.5) is 0 Å². The summed E-state index contributed by atoms with van der Waals surface area (Å²) >= 11 is 6.09. The highest BCUT2D eigenvalue weighted by Crippen LogP contribution is 2.37. The second-order valence-corrected chi connectivity index (χ2v) is 4.25. The van der Waals surface area contributed by atoms with Crippen LogP contribution in [-0.2, 0) is 4.74 Å². The predicted molar refractivity (Wildman–Crippen MR) is 73.5 cm³/mol. The maximum absolute atomic E-state index is 11.4. The fourth-order valence-electron chi connectivity index (χ4n) is 1.73. The summed E-state index contributed by atoms with van der Waals surface area (Å²) in [5.41, 5.74) is 1.41. The van der Waals surface area contributed by atoms with E-state index in [0.717, 1.165) is 0 Å². The second kappa shape index (κ2) is 5.83. The summed E-state index contributed by atoms with van der Waals surface area (Å²) in [5.74, 6) is 0.535. The standard InChI is InChI=1S/C13H13ClN2O4/c1-18-11-6-12(19-2)8(14)4-7(11)9-5-10(16-15-9)13(17)20-3/h4-6H,1-3H3,(H,15,16). The average Bonchev–Trinajstić information content (AvgIpc) is 2.95. The fourth-order valence-corrected chi connectivity index (χ4v) is 1.98. The van der Waals surface area contributed by atoms with E-state index < -0.39 is 5.97 Å². The topological polar surface area (TPSA) is 73.4 Å². The van der Waals surface area contributed by atoms with Crippen LogP contribution in [0.5, 0.6) is 11.5 Å². The number of hydrogen-bond acceptors (Lipinski definition) is 5. The normalized spacial score (nSPS) is 10.2. The van der Waals surface area contributed by atoms with Crippen molar-refractivity contribution < 1.29 is 19.0 Å². The van der Waals surface area contributed by atoms with Gasteiger partial charge in [-0.3, -0.25) is 5.10 Å². The SMILES string of the molecule is COC(=O)c1cc(-c2cc(Cl)c(OC)cc2OC)n[nH]1. The Bertz CT molecular complexity index is 639. The molecule has 0 fully saturated rings. The third-order valence-electron chi connectivity index (χ3n) is 2.73. The highest BCUT2D eigenvalue weighted by atomic mass is 35.5. The minimum Gasteiger partial charge on any atom is -0.496 e. The number of hydrogen-bond donors (Lipinski definition) is 1. The van der Waals surface area contributed by atoms with Crippen molar-refractivity contribution in [3.8, 4) is 22.8 Å². The minimum absolute atomic E-state index is 0.247. The summed E-state index contributed by atoms with van der Waals surface area (Å²) < 4.78 is 15.0. The zero-order valence-corrected chi connectivity index (χ0v) is 11.9. The lowest BCUT2D eigenvalue weighted by molar-refractivity contribution is 0.0594. The number of carbonyl (C=O) groups excluding carboxylic acids is 1. The van der Waals surface area contributed by atoms with E-state index >= 15 is 0 Å². The lowest BCUT2D eigenvalue weighted by Gasteiger charge is -2.10. The molecule has 0 atom stereocenters. The van der Waals surface area contributed by atoms with Gasteiger partial charge in [0, 0.05) is 11.6 Å². The van der Waals surface area contributed by atoms with Crippen molar-refractivity contribution in [2.75, 3.05) is 21.3 Å². The average molecular weight is 297 g/mol. The Morgan fingerprint density at radius 3 is 2.45 bits per heavy atom. The van der Waals surface area contributed by atoms with Gasteiger partial charge in [-0.1, -0.05) is 11.6 Å². The minimum atomic E-state index is -0.498. The van der Waals surface area contributed by atoms with Gasteiger partial charge in [0.05, 0.1) is 32.0 Å². The monoisotopic (exact) mass is 296 g/mol. The molecule has 0 spiro atoms.